The molecule has 0 bridgehead atoms. The zero-order chi connectivity index (χ0) is 18.8. The molecule has 0 spiro atoms. The number of benzene rings is 1. The van der Waals surface area contributed by atoms with Gasteiger partial charge in [0.05, 0.1) is 37.6 Å². The van der Waals surface area contributed by atoms with Gasteiger partial charge in [0, 0.05) is 4.88 Å². The van der Waals surface area contributed by atoms with Crippen molar-refractivity contribution in [2.45, 2.75) is 26.2 Å². The van der Waals surface area contributed by atoms with E-state index in [4.69, 9.17) is 0 Å². The van der Waals surface area contributed by atoms with Crippen molar-refractivity contribution in [1.29, 1.82) is 0 Å². The molecule has 1 aliphatic heterocycles. The van der Waals surface area contributed by atoms with Gasteiger partial charge in [-0.15, -0.1) is 11.3 Å². The van der Waals surface area contributed by atoms with Gasteiger partial charge in [-0.2, -0.15) is 0 Å². The van der Waals surface area contributed by atoms with Crippen LogP contribution in [0.5, 0.6) is 0 Å². The second-order valence-corrected chi connectivity index (χ2v) is 8.73. The smallest absolute Gasteiger partial charge is 0.281 e. The first-order valence-corrected chi connectivity index (χ1v) is 10.5. The molecule has 0 unspecified atom stereocenters. The van der Waals surface area contributed by atoms with E-state index in [-0.39, 0.29) is 11.7 Å². The molecule has 144 valence electrons. The van der Waals surface area contributed by atoms with Gasteiger partial charge in [-0.05, 0) is 37.3 Å². The first kappa shape index (κ1) is 18.4. The number of quaternary nitrogens is 1. The van der Waals surface area contributed by atoms with Crippen LogP contribution in [0.25, 0.3) is 0 Å². The lowest BCUT2D eigenvalue weighted by Crippen LogP contribution is -3.15. The summed E-state index contributed by atoms with van der Waals surface area (Å²) in [5.74, 6) is 0.543. The van der Waals surface area contributed by atoms with Crippen LogP contribution in [-0.4, -0.2) is 43.6 Å². The minimum absolute atomic E-state index is 0.0171. The van der Waals surface area contributed by atoms with Crippen LogP contribution in [0.4, 0.5) is 15.2 Å². The van der Waals surface area contributed by atoms with Crippen LogP contribution >= 0.6 is 11.3 Å². The van der Waals surface area contributed by atoms with E-state index in [1.165, 1.54) is 28.0 Å². The maximum absolute atomic E-state index is 13.9. The number of carbonyl (C=O) groups is 1. The number of nitrogens with zero attached hydrogens (tertiary/aromatic N) is 2. The molecule has 2 N–H and O–H groups in total. The summed E-state index contributed by atoms with van der Waals surface area (Å²) in [4.78, 5) is 21.7. The first-order valence-electron chi connectivity index (χ1n) is 9.70. The largest absolute Gasteiger partial charge is 0.358 e. The Morgan fingerprint density at radius 3 is 2.93 bits per heavy atom. The Hall–Kier alpha value is -1.99. The standard InChI is InChI=1S/C20H25FN4OS/c1-14-6-7-16-18(12-14)27-20(22-16)23-19(26)13-24-8-10-25(11-9-24)17-5-3-2-4-15(17)21/h2-5,14H,6-13H2,1H3,(H,22,23,26)/p+1/t14-/m0/s1. The van der Waals surface area contributed by atoms with E-state index in [1.54, 1.807) is 17.4 Å². The van der Waals surface area contributed by atoms with Gasteiger partial charge in [-0.25, -0.2) is 9.37 Å². The van der Waals surface area contributed by atoms with Crippen LogP contribution in [0.3, 0.4) is 0 Å². The second kappa shape index (κ2) is 7.94. The lowest BCUT2D eigenvalue weighted by molar-refractivity contribution is -0.892. The van der Waals surface area contributed by atoms with E-state index in [9.17, 15) is 9.18 Å². The number of hydrogen-bond acceptors (Lipinski definition) is 4. The summed E-state index contributed by atoms with van der Waals surface area (Å²) < 4.78 is 13.9. The number of rotatable bonds is 4. The van der Waals surface area contributed by atoms with Crippen LogP contribution in [0.1, 0.15) is 23.9 Å². The Morgan fingerprint density at radius 2 is 2.15 bits per heavy atom. The highest BCUT2D eigenvalue weighted by atomic mass is 32.1. The van der Waals surface area contributed by atoms with Crippen LogP contribution in [0.2, 0.25) is 0 Å². The molecule has 1 atom stereocenters. The maximum atomic E-state index is 13.9. The molecular weight excluding hydrogens is 363 g/mol. The molecule has 1 aromatic heterocycles. The molecule has 2 heterocycles. The van der Waals surface area contributed by atoms with Gasteiger partial charge >= 0.3 is 0 Å². The van der Waals surface area contributed by atoms with E-state index in [2.05, 4.69) is 22.1 Å². The number of carbonyl (C=O) groups excluding carboxylic acids is 1. The molecule has 27 heavy (non-hydrogen) atoms. The molecule has 0 saturated carbocycles. The highest BCUT2D eigenvalue weighted by molar-refractivity contribution is 7.15. The van der Waals surface area contributed by atoms with Crippen molar-refractivity contribution in [2.24, 2.45) is 5.92 Å². The van der Waals surface area contributed by atoms with E-state index >= 15 is 0 Å². The van der Waals surface area contributed by atoms with Gasteiger partial charge in [-0.3, -0.25) is 10.1 Å². The number of halogens is 1. The molecule has 1 saturated heterocycles. The molecule has 2 aliphatic rings. The second-order valence-electron chi connectivity index (χ2n) is 7.65. The summed E-state index contributed by atoms with van der Waals surface area (Å²) in [7, 11) is 0. The summed E-state index contributed by atoms with van der Waals surface area (Å²) in [6.07, 6.45) is 3.28. The number of thiazole rings is 1. The third kappa shape index (κ3) is 4.30. The molecule has 1 aromatic carbocycles. The molecular formula is C20H26FN4OS+. The van der Waals surface area contributed by atoms with Crippen molar-refractivity contribution in [2.75, 3.05) is 42.9 Å². The van der Waals surface area contributed by atoms with Crippen LogP contribution < -0.4 is 15.1 Å². The minimum Gasteiger partial charge on any atom is -0.358 e. The number of para-hydroxylation sites is 1. The zero-order valence-corrected chi connectivity index (χ0v) is 16.4. The number of piperazine rings is 1. The first-order chi connectivity index (χ1) is 13.1. The Kier molecular flexibility index (Phi) is 5.41. The van der Waals surface area contributed by atoms with Crippen LogP contribution in [0.15, 0.2) is 24.3 Å². The molecule has 0 radical (unpaired) electrons. The Balaban J connectivity index is 1.28. The quantitative estimate of drug-likeness (QED) is 0.838. The molecule has 1 fully saturated rings. The SMILES string of the molecule is C[C@H]1CCc2nc(NC(=O)C[NH+]3CCN(c4ccccc4F)CC3)sc2C1. The van der Waals surface area contributed by atoms with Crippen LogP contribution in [0, 0.1) is 11.7 Å². The van der Waals surface area contributed by atoms with Gasteiger partial charge in [0.25, 0.3) is 5.91 Å². The van der Waals surface area contributed by atoms with Gasteiger partial charge in [0.1, 0.15) is 5.82 Å². The monoisotopic (exact) mass is 389 g/mol. The Labute approximate surface area is 163 Å². The van der Waals surface area contributed by atoms with Gasteiger partial charge in [0.2, 0.25) is 0 Å². The summed E-state index contributed by atoms with van der Waals surface area (Å²) in [5.41, 5.74) is 1.82. The topological polar surface area (TPSA) is 49.7 Å². The normalized spacial score (nSPS) is 20.4. The van der Waals surface area contributed by atoms with Crippen molar-refractivity contribution in [1.82, 2.24) is 4.98 Å². The predicted octanol–water partition coefficient (Wildman–Crippen LogP) is 1.75. The highest BCUT2D eigenvalue weighted by Crippen LogP contribution is 2.31. The third-order valence-electron chi connectivity index (χ3n) is 5.51. The minimum atomic E-state index is -0.180. The highest BCUT2D eigenvalue weighted by Gasteiger charge is 2.25. The van der Waals surface area contributed by atoms with Crippen molar-refractivity contribution in [3.8, 4) is 0 Å². The molecule has 5 nitrogen and oxygen atoms in total. The fourth-order valence-corrected chi connectivity index (χ4v) is 5.12. The Morgan fingerprint density at radius 1 is 1.37 bits per heavy atom. The summed E-state index contributed by atoms with van der Waals surface area (Å²) in [5, 5.41) is 3.73. The number of amides is 1. The number of aryl methyl sites for hydroxylation is 1. The van der Waals surface area contributed by atoms with Crippen molar-refractivity contribution in [3.05, 3.63) is 40.7 Å². The summed E-state index contributed by atoms with van der Waals surface area (Å²) in [6.45, 7) is 5.87. The number of nitrogens with one attached hydrogen (secondary N) is 2. The van der Waals surface area contributed by atoms with Crippen molar-refractivity contribution in [3.63, 3.8) is 0 Å². The van der Waals surface area contributed by atoms with Crippen LogP contribution in [-0.2, 0) is 17.6 Å². The van der Waals surface area contributed by atoms with E-state index < -0.39 is 0 Å². The molecule has 7 heteroatoms. The molecule has 1 aliphatic carbocycles. The maximum Gasteiger partial charge on any atom is 0.281 e. The average molecular weight is 390 g/mol. The number of anilines is 2. The van der Waals surface area contributed by atoms with E-state index in [0.29, 0.717) is 18.2 Å². The summed E-state index contributed by atoms with van der Waals surface area (Å²) >= 11 is 1.63. The summed E-state index contributed by atoms with van der Waals surface area (Å²) in [6, 6.07) is 6.88. The molecule has 1 amide bonds. The third-order valence-corrected chi connectivity index (χ3v) is 6.54. The number of hydrogen-bond donors (Lipinski definition) is 2. The fourth-order valence-electron chi connectivity index (χ4n) is 3.93. The molecule has 4 rings (SSSR count). The predicted molar refractivity (Wildman–Crippen MR) is 106 cm³/mol. The number of fused-ring (bicyclic) bond motifs is 1. The lowest BCUT2D eigenvalue weighted by Gasteiger charge is -2.33. The van der Waals surface area contributed by atoms with Gasteiger partial charge < -0.3 is 9.80 Å². The molecule has 2 aromatic rings. The Bertz CT molecular complexity index is 816. The lowest BCUT2D eigenvalue weighted by atomic mass is 9.93. The van der Waals surface area contributed by atoms with Crippen molar-refractivity contribution >= 4 is 28.1 Å². The van der Waals surface area contributed by atoms with Gasteiger partial charge in [-0.1, -0.05) is 19.1 Å². The van der Waals surface area contributed by atoms with Crippen molar-refractivity contribution < 1.29 is 14.1 Å². The van der Waals surface area contributed by atoms with E-state index in [0.717, 1.165) is 44.2 Å². The zero-order valence-electron chi connectivity index (χ0n) is 15.6. The average Bonchev–Trinajstić information content (AvgIpc) is 3.04. The fraction of sp³-hybridized carbons (Fsp3) is 0.500. The number of aromatic nitrogens is 1. The van der Waals surface area contributed by atoms with Gasteiger partial charge in [0.15, 0.2) is 11.7 Å². The van der Waals surface area contributed by atoms with E-state index in [1.807, 2.05) is 12.1 Å².